The topological polar surface area (TPSA) is 163 Å². The van der Waals surface area contributed by atoms with Crippen molar-refractivity contribution in [3.8, 4) is 22.8 Å². The molecular formula is C23H24N8O4. The van der Waals surface area contributed by atoms with E-state index in [0.29, 0.717) is 11.3 Å². The molecule has 2 aromatic heterocycles. The Morgan fingerprint density at radius 2 is 1.86 bits per heavy atom. The van der Waals surface area contributed by atoms with Crippen LogP contribution in [0.5, 0.6) is 5.75 Å². The van der Waals surface area contributed by atoms with Crippen LogP contribution < -0.4 is 21.3 Å². The fraction of sp³-hybridized carbons (Fsp3) is 0.217. The number of anilines is 1. The lowest BCUT2D eigenvalue weighted by atomic mass is 10.00. The molecule has 0 fully saturated rings. The fourth-order valence-corrected chi connectivity index (χ4v) is 3.46. The van der Waals surface area contributed by atoms with Crippen LogP contribution in [0, 0.1) is 6.92 Å². The molecule has 35 heavy (non-hydrogen) atoms. The van der Waals surface area contributed by atoms with Gasteiger partial charge in [-0.05, 0) is 34.3 Å². The summed E-state index contributed by atoms with van der Waals surface area (Å²) < 4.78 is 11.6. The Balaban J connectivity index is 1.49. The molecule has 0 aliphatic heterocycles. The minimum Gasteiger partial charge on any atom is -0.483 e. The van der Waals surface area contributed by atoms with Crippen molar-refractivity contribution in [3.63, 3.8) is 0 Å². The summed E-state index contributed by atoms with van der Waals surface area (Å²) in [5.41, 5.74) is 13.2. The van der Waals surface area contributed by atoms with E-state index in [0.717, 1.165) is 11.1 Å². The van der Waals surface area contributed by atoms with E-state index in [4.69, 9.17) is 10.5 Å². The minimum atomic E-state index is -0.697. The van der Waals surface area contributed by atoms with Crippen LogP contribution in [0.3, 0.4) is 0 Å². The van der Waals surface area contributed by atoms with Gasteiger partial charge in [0.05, 0.1) is 0 Å². The smallest absolute Gasteiger partial charge is 0.292 e. The lowest BCUT2D eigenvalue weighted by Crippen LogP contribution is -2.44. The van der Waals surface area contributed by atoms with Crippen molar-refractivity contribution in [3.05, 3.63) is 65.4 Å². The number of aromatic nitrogens is 5. The molecule has 0 bridgehead atoms. The zero-order chi connectivity index (χ0) is 24.9. The average molecular weight is 476 g/mol. The van der Waals surface area contributed by atoms with Gasteiger partial charge in [0.1, 0.15) is 11.4 Å². The number of benzene rings is 2. The Morgan fingerprint density at radius 3 is 2.54 bits per heavy atom. The highest BCUT2D eigenvalue weighted by molar-refractivity contribution is 5.99. The van der Waals surface area contributed by atoms with E-state index in [9.17, 15) is 9.59 Å². The number of para-hydroxylation sites is 1. The van der Waals surface area contributed by atoms with Crippen molar-refractivity contribution >= 4 is 17.6 Å². The number of carbonyl (C=O) groups is 2. The van der Waals surface area contributed by atoms with Crippen LogP contribution in [-0.4, -0.2) is 43.7 Å². The third-order valence-electron chi connectivity index (χ3n) is 5.16. The van der Waals surface area contributed by atoms with Crippen LogP contribution >= 0.6 is 0 Å². The molecule has 12 nitrogen and oxygen atoms in total. The summed E-state index contributed by atoms with van der Waals surface area (Å²) in [6.45, 7) is 5.71. The Hall–Kier alpha value is -4.74. The molecule has 0 saturated carbocycles. The summed E-state index contributed by atoms with van der Waals surface area (Å²) in [4.78, 5) is 25.3. The van der Waals surface area contributed by atoms with E-state index in [1.807, 2.05) is 45.0 Å². The number of nitrogens with zero attached hydrogens (tertiary/aromatic N) is 5. The highest BCUT2D eigenvalue weighted by atomic mass is 16.6. The Morgan fingerprint density at radius 1 is 1.09 bits per heavy atom. The summed E-state index contributed by atoms with van der Waals surface area (Å²) in [5.74, 6) is -0.321. The van der Waals surface area contributed by atoms with Gasteiger partial charge in [-0.15, -0.1) is 5.10 Å². The van der Waals surface area contributed by atoms with Gasteiger partial charge in [-0.2, -0.15) is 4.68 Å². The summed E-state index contributed by atoms with van der Waals surface area (Å²) in [5, 5.41) is 15.2. The first-order valence-corrected chi connectivity index (χ1v) is 10.8. The highest BCUT2D eigenvalue weighted by Gasteiger charge is 2.25. The minimum absolute atomic E-state index is 0.0264. The van der Waals surface area contributed by atoms with Gasteiger partial charge in [-0.3, -0.25) is 20.4 Å². The summed E-state index contributed by atoms with van der Waals surface area (Å²) >= 11 is 0. The van der Waals surface area contributed by atoms with Crippen molar-refractivity contribution in [1.82, 2.24) is 36.2 Å². The molecule has 0 saturated heterocycles. The maximum Gasteiger partial charge on any atom is 0.292 e. The number of amides is 2. The number of aryl methyl sites for hydroxylation is 1. The van der Waals surface area contributed by atoms with Crippen LogP contribution in [0.1, 0.15) is 41.4 Å². The molecule has 4 rings (SSSR count). The second-order valence-corrected chi connectivity index (χ2v) is 7.98. The number of ether oxygens (including phenoxy) is 1. The van der Waals surface area contributed by atoms with Crippen LogP contribution in [0.15, 0.2) is 53.2 Å². The van der Waals surface area contributed by atoms with Gasteiger partial charge in [0.25, 0.3) is 11.8 Å². The van der Waals surface area contributed by atoms with E-state index in [2.05, 4.69) is 36.1 Å². The molecule has 180 valence electrons. The van der Waals surface area contributed by atoms with Gasteiger partial charge >= 0.3 is 0 Å². The van der Waals surface area contributed by atoms with Crippen LogP contribution in [0.2, 0.25) is 0 Å². The second kappa shape index (κ2) is 10.0. The summed E-state index contributed by atoms with van der Waals surface area (Å²) in [7, 11) is 0. The Labute approximate surface area is 200 Å². The maximum absolute atomic E-state index is 12.9. The number of nitrogens with two attached hydrogens (primary N) is 1. The van der Waals surface area contributed by atoms with Crippen LogP contribution in [0.4, 0.5) is 5.82 Å². The first kappa shape index (κ1) is 23.4. The molecule has 2 aromatic carbocycles. The number of carbonyl (C=O) groups excluding carboxylic acids is 2. The molecule has 0 aliphatic rings. The molecule has 0 spiro atoms. The number of hydrazine groups is 1. The monoisotopic (exact) mass is 476 g/mol. The number of rotatable bonds is 7. The Kier molecular flexibility index (Phi) is 6.71. The lowest BCUT2D eigenvalue weighted by molar-refractivity contribution is -0.123. The van der Waals surface area contributed by atoms with Crippen molar-refractivity contribution in [2.75, 3.05) is 12.3 Å². The van der Waals surface area contributed by atoms with E-state index in [-0.39, 0.29) is 35.5 Å². The standard InChI is InChI=1S/C23H24N8O4/c1-13(2)16-11-7-8-14(3)20(16)34-12-17(32)25-27-23(33)18-19(15-9-5-4-6-10-15)31(30-26-18)22-21(24)28-35-29-22/h4-11,13H,12H2,1-3H3,(H2,24,28)(H,25,32)(H,27,33). The molecule has 0 aliphatic carbocycles. The summed E-state index contributed by atoms with van der Waals surface area (Å²) in [6, 6.07) is 14.7. The van der Waals surface area contributed by atoms with E-state index in [1.54, 1.807) is 24.3 Å². The van der Waals surface area contributed by atoms with Crippen molar-refractivity contribution in [2.24, 2.45) is 0 Å². The maximum atomic E-state index is 12.9. The number of hydrogen-bond acceptors (Lipinski definition) is 9. The van der Waals surface area contributed by atoms with Crippen molar-refractivity contribution < 1.29 is 19.0 Å². The van der Waals surface area contributed by atoms with Gasteiger partial charge in [0.15, 0.2) is 12.3 Å². The third-order valence-corrected chi connectivity index (χ3v) is 5.16. The summed E-state index contributed by atoms with van der Waals surface area (Å²) in [6.07, 6.45) is 0. The first-order chi connectivity index (χ1) is 16.9. The number of nitrogens with one attached hydrogen (secondary N) is 2. The quantitative estimate of drug-likeness (QED) is 0.339. The SMILES string of the molecule is Cc1cccc(C(C)C)c1OCC(=O)NNC(=O)c1nnn(-c2nonc2N)c1-c1ccccc1. The molecule has 0 atom stereocenters. The number of nitrogen functional groups attached to an aromatic ring is 1. The first-order valence-electron chi connectivity index (χ1n) is 10.8. The zero-order valence-electron chi connectivity index (χ0n) is 19.3. The molecule has 2 heterocycles. The molecule has 4 aromatic rings. The second-order valence-electron chi connectivity index (χ2n) is 7.98. The predicted molar refractivity (Wildman–Crippen MR) is 125 cm³/mol. The van der Waals surface area contributed by atoms with E-state index >= 15 is 0 Å². The van der Waals surface area contributed by atoms with Gasteiger partial charge in [-0.25, -0.2) is 4.63 Å². The van der Waals surface area contributed by atoms with E-state index < -0.39 is 11.8 Å². The average Bonchev–Trinajstić information content (AvgIpc) is 3.48. The Bertz CT molecular complexity index is 1350. The largest absolute Gasteiger partial charge is 0.483 e. The number of hydrogen-bond donors (Lipinski definition) is 3. The normalized spacial score (nSPS) is 10.9. The van der Waals surface area contributed by atoms with Gasteiger partial charge in [0, 0.05) is 5.56 Å². The highest BCUT2D eigenvalue weighted by Crippen LogP contribution is 2.29. The molecule has 2 amide bonds. The van der Waals surface area contributed by atoms with E-state index in [1.165, 1.54) is 4.68 Å². The van der Waals surface area contributed by atoms with Gasteiger partial charge in [-0.1, -0.05) is 67.6 Å². The molecule has 4 N–H and O–H groups in total. The third kappa shape index (κ3) is 4.95. The van der Waals surface area contributed by atoms with Crippen molar-refractivity contribution in [2.45, 2.75) is 26.7 Å². The van der Waals surface area contributed by atoms with Crippen LogP contribution in [0.25, 0.3) is 17.1 Å². The molecule has 0 radical (unpaired) electrons. The predicted octanol–water partition coefficient (Wildman–Crippen LogP) is 2.17. The van der Waals surface area contributed by atoms with Crippen molar-refractivity contribution in [1.29, 1.82) is 0 Å². The fourth-order valence-electron chi connectivity index (χ4n) is 3.46. The van der Waals surface area contributed by atoms with Crippen LogP contribution in [-0.2, 0) is 4.79 Å². The van der Waals surface area contributed by atoms with Gasteiger partial charge < -0.3 is 10.5 Å². The lowest BCUT2D eigenvalue weighted by Gasteiger charge is -2.16. The zero-order valence-corrected chi connectivity index (χ0v) is 19.3. The molecule has 12 heteroatoms. The molecular weight excluding hydrogens is 452 g/mol. The van der Waals surface area contributed by atoms with Gasteiger partial charge in [0.2, 0.25) is 11.6 Å². The molecule has 0 unspecified atom stereocenters.